The van der Waals surface area contributed by atoms with E-state index < -0.39 is 10.0 Å². The van der Waals surface area contributed by atoms with Gasteiger partial charge in [0.05, 0.1) is 11.4 Å². The first-order chi connectivity index (χ1) is 14.3. The lowest BCUT2D eigenvalue weighted by Gasteiger charge is -2.12. The zero-order valence-electron chi connectivity index (χ0n) is 17.0. The molecule has 0 amide bonds. The molecule has 0 saturated heterocycles. The fourth-order valence-corrected chi connectivity index (χ4v) is 3.59. The summed E-state index contributed by atoms with van der Waals surface area (Å²) in [6.07, 6.45) is 0. The van der Waals surface area contributed by atoms with Gasteiger partial charge in [-0.05, 0) is 33.0 Å². The molecular formula is C20H24N6O3S. The molecule has 0 radical (unpaired) electrons. The van der Waals surface area contributed by atoms with Crippen LogP contribution in [0.1, 0.15) is 23.9 Å². The van der Waals surface area contributed by atoms with Crippen LogP contribution < -0.4 is 10.5 Å². The standard InChI is InChI=1S/C20H24N6O3S/c1-4-29-25-19(21)17-11-10-16(13-30(27,28)22-3)20(23-17)26-14(2)12-18(24-26)15-8-6-5-7-9-15/h5-12,22H,4,13H2,1-3H3,(H2,21,25). The van der Waals surface area contributed by atoms with E-state index in [1.807, 2.05) is 43.3 Å². The van der Waals surface area contributed by atoms with Gasteiger partial charge in [0.15, 0.2) is 11.7 Å². The molecule has 0 spiro atoms. The Morgan fingerprint density at radius 1 is 1.23 bits per heavy atom. The lowest BCUT2D eigenvalue weighted by atomic mass is 10.1. The Hall–Kier alpha value is -3.24. The lowest BCUT2D eigenvalue weighted by molar-refractivity contribution is 0.158. The van der Waals surface area contributed by atoms with E-state index in [9.17, 15) is 8.42 Å². The smallest absolute Gasteiger partial charge is 0.215 e. The highest BCUT2D eigenvalue weighted by atomic mass is 32.2. The molecule has 3 N–H and O–H groups in total. The second-order valence-corrected chi connectivity index (χ2v) is 8.41. The van der Waals surface area contributed by atoms with Crippen molar-refractivity contribution in [2.75, 3.05) is 13.7 Å². The van der Waals surface area contributed by atoms with E-state index in [4.69, 9.17) is 10.6 Å². The largest absolute Gasteiger partial charge is 0.394 e. The number of sulfonamides is 1. The van der Waals surface area contributed by atoms with Crippen LogP contribution in [0.4, 0.5) is 0 Å². The minimum Gasteiger partial charge on any atom is -0.394 e. The number of pyridine rings is 1. The minimum absolute atomic E-state index is 0.0919. The Bertz CT molecular complexity index is 1160. The maximum atomic E-state index is 12.2. The van der Waals surface area contributed by atoms with Gasteiger partial charge in [0, 0.05) is 16.8 Å². The zero-order chi connectivity index (χ0) is 21.7. The number of benzene rings is 1. The minimum atomic E-state index is -3.53. The molecule has 10 heteroatoms. The van der Waals surface area contributed by atoms with Gasteiger partial charge in [0.2, 0.25) is 10.0 Å². The van der Waals surface area contributed by atoms with Gasteiger partial charge in [0.25, 0.3) is 0 Å². The van der Waals surface area contributed by atoms with Gasteiger partial charge in [-0.3, -0.25) is 0 Å². The maximum Gasteiger partial charge on any atom is 0.215 e. The van der Waals surface area contributed by atoms with E-state index in [0.717, 1.165) is 17.0 Å². The van der Waals surface area contributed by atoms with E-state index in [1.54, 1.807) is 23.7 Å². The summed E-state index contributed by atoms with van der Waals surface area (Å²) >= 11 is 0. The number of nitrogens with zero attached hydrogens (tertiary/aromatic N) is 4. The van der Waals surface area contributed by atoms with Crippen molar-refractivity contribution in [1.29, 1.82) is 0 Å². The molecule has 0 atom stereocenters. The summed E-state index contributed by atoms with van der Waals surface area (Å²) in [7, 11) is -2.15. The summed E-state index contributed by atoms with van der Waals surface area (Å²) in [4.78, 5) is 9.56. The van der Waals surface area contributed by atoms with E-state index in [-0.39, 0.29) is 11.6 Å². The molecule has 3 aromatic rings. The van der Waals surface area contributed by atoms with Crippen molar-refractivity contribution in [3.05, 3.63) is 65.5 Å². The molecular weight excluding hydrogens is 404 g/mol. The molecule has 3 rings (SSSR count). The van der Waals surface area contributed by atoms with Crippen molar-refractivity contribution >= 4 is 15.9 Å². The molecule has 0 bridgehead atoms. The third-order valence-corrected chi connectivity index (χ3v) is 5.64. The van der Waals surface area contributed by atoms with Gasteiger partial charge in [0.1, 0.15) is 12.3 Å². The summed E-state index contributed by atoms with van der Waals surface area (Å²) < 4.78 is 28.3. The molecule has 0 unspecified atom stereocenters. The van der Waals surface area contributed by atoms with Gasteiger partial charge in [-0.2, -0.15) is 5.10 Å². The molecule has 0 aliphatic rings. The molecule has 158 valence electrons. The number of hydrogen-bond acceptors (Lipinski definition) is 6. The average Bonchev–Trinajstić information content (AvgIpc) is 3.14. The Morgan fingerprint density at radius 3 is 2.63 bits per heavy atom. The van der Waals surface area contributed by atoms with Crippen LogP contribution in [0.15, 0.2) is 53.7 Å². The van der Waals surface area contributed by atoms with Gasteiger partial charge in [-0.15, -0.1) is 0 Å². The number of nitrogens with one attached hydrogen (secondary N) is 1. The van der Waals surface area contributed by atoms with Gasteiger partial charge >= 0.3 is 0 Å². The molecule has 2 heterocycles. The number of aromatic nitrogens is 3. The lowest BCUT2D eigenvalue weighted by Crippen LogP contribution is -2.23. The van der Waals surface area contributed by atoms with Crippen molar-refractivity contribution in [2.24, 2.45) is 10.9 Å². The summed E-state index contributed by atoms with van der Waals surface area (Å²) in [6.45, 7) is 4.03. The maximum absolute atomic E-state index is 12.2. The summed E-state index contributed by atoms with van der Waals surface area (Å²) in [5.41, 5.74) is 9.29. The monoisotopic (exact) mass is 428 g/mol. The van der Waals surface area contributed by atoms with Crippen LogP contribution in [0, 0.1) is 6.92 Å². The molecule has 1 aromatic carbocycles. The fraction of sp³-hybridized carbons (Fsp3) is 0.250. The van der Waals surface area contributed by atoms with Crippen molar-refractivity contribution < 1.29 is 13.3 Å². The number of hydrogen-bond donors (Lipinski definition) is 2. The highest BCUT2D eigenvalue weighted by Crippen LogP contribution is 2.23. The molecule has 0 aliphatic heterocycles. The SMILES string of the molecule is CCO/N=C(\N)c1ccc(CS(=O)(=O)NC)c(-n2nc(-c3ccccc3)cc2C)n1. The van der Waals surface area contributed by atoms with Gasteiger partial charge < -0.3 is 10.6 Å². The Labute approximate surface area is 175 Å². The molecule has 30 heavy (non-hydrogen) atoms. The summed E-state index contributed by atoms with van der Waals surface area (Å²) in [6, 6.07) is 14.9. The molecule has 0 aliphatic carbocycles. The average molecular weight is 429 g/mol. The highest BCUT2D eigenvalue weighted by Gasteiger charge is 2.19. The predicted molar refractivity (Wildman–Crippen MR) is 116 cm³/mol. The number of aryl methyl sites for hydroxylation is 1. The summed E-state index contributed by atoms with van der Waals surface area (Å²) in [5, 5.41) is 8.47. The predicted octanol–water partition coefficient (Wildman–Crippen LogP) is 1.95. The third kappa shape index (κ3) is 4.84. The van der Waals surface area contributed by atoms with E-state index in [1.165, 1.54) is 7.05 Å². The second kappa shape index (κ2) is 9.06. The van der Waals surface area contributed by atoms with Crippen LogP contribution in [-0.4, -0.2) is 42.7 Å². The van der Waals surface area contributed by atoms with E-state index in [0.29, 0.717) is 23.7 Å². The number of nitrogens with two attached hydrogens (primary N) is 1. The topological polar surface area (TPSA) is 124 Å². The Kier molecular flexibility index (Phi) is 6.48. The molecule has 0 fully saturated rings. The van der Waals surface area contributed by atoms with Crippen LogP contribution in [-0.2, 0) is 20.6 Å². The number of rotatable bonds is 8. The number of amidine groups is 1. The summed E-state index contributed by atoms with van der Waals surface area (Å²) in [5.74, 6) is 0.198. The Morgan fingerprint density at radius 2 is 1.97 bits per heavy atom. The van der Waals surface area contributed by atoms with Crippen molar-refractivity contribution in [1.82, 2.24) is 19.5 Å². The molecule has 2 aromatic heterocycles. The van der Waals surface area contributed by atoms with Crippen molar-refractivity contribution in [3.63, 3.8) is 0 Å². The first-order valence-corrected chi connectivity index (χ1v) is 11.0. The first-order valence-electron chi connectivity index (χ1n) is 9.34. The zero-order valence-corrected chi connectivity index (χ0v) is 17.8. The van der Waals surface area contributed by atoms with Crippen LogP contribution in [0.25, 0.3) is 17.1 Å². The van der Waals surface area contributed by atoms with Crippen LogP contribution in [0.2, 0.25) is 0 Å². The van der Waals surface area contributed by atoms with Gasteiger partial charge in [-0.25, -0.2) is 22.8 Å². The van der Waals surface area contributed by atoms with Crippen LogP contribution >= 0.6 is 0 Å². The van der Waals surface area contributed by atoms with Gasteiger partial charge in [-0.1, -0.05) is 41.6 Å². The molecule has 0 saturated carbocycles. The first kappa shape index (κ1) is 21.5. The fourth-order valence-electron chi connectivity index (χ4n) is 2.81. The highest BCUT2D eigenvalue weighted by molar-refractivity contribution is 7.88. The van der Waals surface area contributed by atoms with Crippen LogP contribution in [0.5, 0.6) is 0 Å². The van der Waals surface area contributed by atoms with E-state index >= 15 is 0 Å². The van der Waals surface area contributed by atoms with Crippen molar-refractivity contribution in [2.45, 2.75) is 19.6 Å². The normalized spacial score (nSPS) is 12.2. The quantitative estimate of drug-likeness (QED) is 0.321. The Balaban J connectivity index is 2.14. The van der Waals surface area contributed by atoms with Crippen LogP contribution in [0.3, 0.4) is 0 Å². The second-order valence-electron chi connectivity index (χ2n) is 6.49. The van der Waals surface area contributed by atoms with Crippen molar-refractivity contribution in [3.8, 4) is 17.1 Å². The third-order valence-electron chi connectivity index (χ3n) is 4.32. The van der Waals surface area contributed by atoms with E-state index in [2.05, 4.69) is 20.0 Å². The molecule has 9 nitrogen and oxygen atoms in total. The number of oxime groups is 1.